The minimum atomic E-state index is 0.592. The molecule has 11 heavy (non-hydrogen) atoms. The Balaban J connectivity index is 2.58. The maximum atomic E-state index is 4.95. The molecule has 0 aliphatic carbocycles. The van der Waals surface area contributed by atoms with Gasteiger partial charge in [0.15, 0.2) is 5.82 Å². The van der Waals surface area contributed by atoms with Gasteiger partial charge in [-0.1, -0.05) is 41.6 Å². The van der Waals surface area contributed by atoms with Gasteiger partial charge in [-0.3, -0.25) is 0 Å². The number of halogens is 1. The van der Waals surface area contributed by atoms with Gasteiger partial charge in [0.05, 0.1) is 4.43 Å². The fourth-order valence-corrected chi connectivity index (χ4v) is 1.10. The molecule has 1 aromatic heterocycles. The molecule has 0 atom stereocenters. The molecule has 0 spiro atoms. The van der Waals surface area contributed by atoms with Gasteiger partial charge in [-0.25, -0.2) is 0 Å². The molecule has 0 aliphatic heterocycles. The van der Waals surface area contributed by atoms with Crippen LogP contribution < -0.4 is 0 Å². The second-order valence-electron chi connectivity index (χ2n) is 2.84. The van der Waals surface area contributed by atoms with Crippen LogP contribution in [0.25, 0.3) is 0 Å². The topological polar surface area (TPSA) is 38.9 Å². The monoisotopic (exact) mass is 266 g/mol. The third kappa shape index (κ3) is 2.76. The van der Waals surface area contributed by atoms with Gasteiger partial charge in [-0.2, -0.15) is 4.98 Å². The van der Waals surface area contributed by atoms with Crippen molar-refractivity contribution >= 4 is 22.6 Å². The summed E-state index contributed by atoms with van der Waals surface area (Å²) in [5.74, 6) is 2.14. The van der Waals surface area contributed by atoms with Crippen LogP contribution in [0.15, 0.2) is 4.52 Å². The predicted molar refractivity (Wildman–Crippen MR) is 50.6 cm³/mol. The maximum Gasteiger partial charge on any atom is 0.236 e. The van der Waals surface area contributed by atoms with E-state index in [0.29, 0.717) is 5.92 Å². The van der Waals surface area contributed by atoms with Gasteiger partial charge >= 0.3 is 0 Å². The Bertz CT molecular complexity index is 222. The number of hydrogen-bond acceptors (Lipinski definition) is 3. The lowest BCUT2D eigenvalue weighted by molar-refractivity contribution is 0.383. The molecule has 62 valence electrons. The molecular formula is C7H11IN2O. The van der Waals surface area contributed by atoms with E-state index in [-0.39, 0.29) is 0 Å². The molecule has 1 heterocycles. The Morgan fingerprint density at radius 3 is 2.73 bits per heavy atom. The second-order valence-corrected chi connectivity index (χ2v) is 3.60. The second kappa shape index (κ2) is 4.04. The highest BCUT2D eigenvalue weighted by Gasteiger charge is 2.05. The van der Waals surface area contributed by atoms with Crippen molar-refractivity contribution < 1.29 is 4.52 Å². The van der Waals surface area contributed by atoms with Crippen LogP contribution in [0.2, 0.25) is 0 Å². The van der Waals surface area contributed by atoms with Crippen LogP contribution in [-0.4, -0.2) is 10.1 Å². The zero-order valence-electron chi connectivity index (χ0n) is 6.67. The van der Waals surface area contributed by atoms with E-state index < -0.39 is 0 Å². The van der Waals surface area contributed by atoms with Gasteiger partial charge in [0.1, 0.15) is 0 Å². The molecule has 0 unspecified atom stereocenters. The summed E-state index contributed by atoms with van der Waals surface area (Å²) >= 11 is 2.20. The summed E-state index contributed by atoms with van der Waals surface area (Å²) < 4.78 is 5.74. The summed E-state index contributed by atoms with van der Waals surface area (Å²) in [6.07, 6.45) is 0.903. The molecule has 0 N–H and O–H groups in total. The fourth-order valence-electron chi connectivity index (χ4n) is 0.792. The van der Waals surface area contributed by atoms with Gasteiger partial charge in [0.2, 0.25) is 5.89 Å². The minimum Gasteiger partial charge on any atom is -0.339 e. The van der Waals surface area contributed by atoms with E-state index in [2.05, 4.69) is 46.6 Å². The molecule has 0 fully saturated rings. The van der Waals surface area contributed by atoms with Crippen molar-refractivity contribution in [3.63, 3.8) is 0 Å². The molecule has 0 radical (unpaired) electrons. The Morgan fingerprint density at radius 2 is 2.27 bits per heavy atom. The Kier molecular flexibility index (Phi) is 3.29. The lowest BCUT2D eigenvalue weighted by Crippen LogP contribution is -1.95. The molecule has 4 heteroatoms. The van der Waals surface area contributed by atoms with Gasteiger partial charge in [-0.05, 0) is 5.92 Å². The smallest absolute Gasteiger partial charge is 0.236 e. The van der Waals surface area contributed by atoms with Crippen molar-refractivity contribution in [2.75, 3.05) is 0 Å². The molecule has 3 nitrogen and oxygen atoms in total. The molecule has 0 amide bonds. The largest absolute Gasteiger partial charge is 0.339 e. The summed E-state index contributed by atoms with van der Waals surface area (Å²) in [5.41, 5.74) is 0. The van der Waals surface area contributed by atoms with Crippen molar-refractivity contribution in [3.8, 4) is 0 Å². The average molecular weight is 266 g/mol. The number of aromatic nitrogens is 2. The van der Waals surface area contributed by atoms with E-state index in [0.717, 1.165) is 22.6 Å². The highest BCUT2D eigenvalue weighted by Crippen LogP contribution is 2.06. The predicted octanol–water partition coefficient (Wildman–Crippen LogP) is 2.20. The van der Waals surface area contributed by atoms with Gasteiger partial charge in [0.25, 0.3) is 0 Å². The van der Waals surface area contributed by atoms with Gasteiger partial charge in [0, 0.05) is 6.42 Å². The third-order valence-electron chi connectivity index (χ3n) is 1.22. The highest BCUT2D eigenvalue weighted by molar-refractivity contribution is 14.1. The van der Waals surface area contributed by atoms with Gasteiger partial charge in [-0.15, -0.1) is 0 Å². The van der Waals surface area contributed by atoms with E-state index in [9.17, 15) is 0 Å². The molecule has 1 aromatic rings. The molecule has 0 aliphatic rings. The first kappa shape index (κ1) is 8.96. The van der Waals surface area contributed by atoms with E-state index in [4.69, 9.17) is 4.52 Å². The van der Waals surface area contributed by atoms with E-state index in [1.54, 1.807) is 0 Å². The zero-order valence-corrected chi connectivity index (χ0v) is 8.83. The van der Waals surface area contributed by atoms with Crippen LogP contribution in [0, 0.1) is 5.92 Å². The lowest BCUT2D eigenvalue weighted by atomic mass is 10.1. The maximum absolute atomic E-state index is 4.95. The van der Waals surface area contributed by atoms with Crippen LogP contribution >= 0.6 is 22.6 Å². The summed E-state index contributed by atoms with van der Waals surface area (Å²) in [6.45, 7) is 4.28. The average Bonchev–Trinajstić information content (AvgIpc) is 2.34. The standard InChI is InChI=1S/C7H11IN2O/c1-5(2)3-6-9-7(4-8)11-10-6/h5H,3-4H2,1-2H3. The van der Waals surface area contributed by atoms with Crippen LogP contribution in [0.1, 0.15) is 25.6 Å². The number of hydrogen-bond donors (Lipinski definition) is 0. The SMILES string of the molecule is CC(C)Cc1noc(CI)n1. The Hall–Kier alpha value is -0.130. The van der Waals surface area contributed by atoms with E-state index in [1.165, 1.54) is 0 Å². The van der Waals surface area contributed by atoms with Crippen molar-refractivity contribution in [1.29, 1.82) is 0 Å². The minimum absolute atomic E-state index is 0.592. The first-order valence-electron chi connectivity index (χ1n) is 3.59. The van der Waals surface area contributed by atoms with Crippen molar-refractivity contribution in [3.05, 3.63) is 11.7 Å². The number of rotatable bonds is 3. The summed E-state index contributed by atoms with van der Waals surface area (Å²) in [5, 5.41) is 3.84. The van der Waals surface area contributed by atoms with Crippen LogP contribution in [0.5, 0.6) is 0 Å². The van der Waals surface area contributed by atoms with Crippen molar-refractivity contribution in [2.24, 2.45) is 5.92 Å². The summed E-state index contributed by atoms with van der Waals surface area (Å²) in [7, 11) is 0. The van der Waals surface area contributed by atoms with Crippen LogP contribution in [0.3, 0.4) is 0 Å². The molecule has 0 aromatic carbocycles. The lowest BCUT2D eigenvalue weighted by Gasteiger charge is -1.95. The summed E-state index contributed by atoms with van der Waals surface area (Å²) in [6, 6.07) is 0. The van der Waals surface area contributed by atoms with Crippen LogP contribution in [-0.2, 0) is 10.8 Å². The molecule has 0 saturated carbocycles. The number of nitrogens with zero attached hydrogens (tertiary/aromatic N) is 2. The molecular weight excluding hydrogens is 255 g/mol. The molecule has 0 bridgehead atoms. The zero-order chi connectivity index (χ0) is 8.27. The first-order valence-corrected chi connectivity index (χ1v) is 5.12. The molecule has 0 saturated heterocycles. The Morgan fingerprint density at radius 1 is 1.55 bits per heavy atom. The highest BCUT2D eigenvalue weighted by atomic mass is 127. The fraction of sp³-hybridized carbons (Fsp3) is 0.714. The molecule has 1 rings (SSSR count). The Labute approximate surface area is 79.7 Å². The van der Waals surface area contributed by atoms with E-state index in [1.807, 2.05) is 0 Å². The van der Waals surface area contributed by atoms with Crippen molar-refractivity contribution in [1.82, 2.24) is 10.1 Å². The van der Waals surface area contributed by atoms with Gasteiger partial charge < -0.3 is 4.52 Å². The first-order chi connectivity index (χ1) is 5.22. The van der Waals surface area contributed by atoms with Crippen LogP contribution in [0.4, 0.5) is 0 Å². The number of alkyl halides is 1. The third-order valence-corrected chi connectivity index (χ3v) is 1.87. The van der Waals surface area contributed by atoms with E-state index >= 15 is 0 Å². The van der Waals surface area contributed by atoms with Crippen molar-refractivity contribution in [2.45, 2.75) is 24.7 Å². The normalized spacial score (nSPS) is 10.9. The summed E-state index contributed by atoms with van der Waals surface area (Å²) in [4.78, 5) is 4.18. The quantitative estimate of drug-likeness (QED) is 0.622.